The van der Waals surface area contributed by atoms with Crippen molar-refractivity contribution in [2.24, 2.45) is 5.41 Å². The Balaban J connectivity index is 1.66. The fourth-order valence-electron chi connectivity index (χ4n) is 4.64. The van der Waals surface area contributed by atoms with Gasteiger partial charge in [0.25, 0.3) is 5.69 Å². The molecule has 9 nitrogen and oxygen atoms in total. The number of hydrogen-bond acceptors (Lipinski definition) is 7. The molecule has 0 saturated carbocycles. The van der Waals surface area contributed by atoms with Crippen LogP contribution in [0.4, 0.5) is 11.5 Å². The number of aromatic nitrogens is 2. The number of nitrogens with zero attached hydrogens (tertiary/aromatic N) is 3. The molecule has 0 aliphatic rings. The van der Waals surface area contributed by atoms with Crippen LogP contribution in [0.3, 0.4) is 0 Å². The highest BCUT2D eigenvalue weighted by molar-refractivity contribution is 7.87. The zero-order valence-corrected chi connectivity index (χ0v) is 23.3. The van der Waals surface area contributed by atoms with Gasteiger partial charge in [-0.2, -0.15) is 8.42 Å². The van der Waals surface area contributed by atoms with E-state index in [0.29, 0.717) is 5.69 Å². The maximum atomic E-state index is 12.8. The monoisotopic (exact) mass is 556 g/mol. The Bertz CT molecular complexity index is 1610. The normalized spacial score (nSPS) is 12.5. The van der Waals surface area contributed by atoms with E-state index < -0.39 is 20.7 Å². The average molecular weight is 557 g/mol. The van der Waals surface area contributed by atoms with Crippen LogP contribution in [0.1, 0.15) is 41.0 Å². The van der Waals surface area contributed by atoms with Gasteiger partial charge >= 0.3 is 10.1 Å². The largest absolute Gasteiger partial charge is 0.379 e. The van der Waals surface area contributed by atoms with Crippen LogP contribution in [0.15, 0.2) is 71.8 Å². The molecular formula is C27H29ClN4O5S. The van der Waals surface area contributed by atoms with Crippen LogP contribution < -0.4 is 9.50 Å². The number of anilines is 1. The third-order valence-corrected chi connectivity index (χ3v) is 7.26. The molecule has 0 unspecified atom stereocenters. The Kier molecular flexibility index (Phi) is 7.15. The molecule has 4 rings (SSSR count). The molecule has 0 spiro atoms. The summed E-state index contributed by atoms with van der Waals surface area (Å²) in [7, 11) is -4.33. The van der Waals surface area contributed by atoms with E-state index in [2.05, 4.69) is 39.9 Å². The summed E-state index contributed by atoms with van der Waals surface area (Å²) in [6.07, 6.45) is 2.85. The molecule has 0 atom stereocenters. The molecule has 0 aliphatic carbocycles. The summed E-state index contributed by atoms with van der Waals surface area (Å²) in [4.78, 5) is 14.8. The van der Waals surface area contributed by atoms with Crippen LogP contribution in [0.5, 0.6) is 5.75 Å². The minimum atomic E-state index is -4.33. The molecule has 0 bridgehead atoms. The van der Waals surface area contributed by atoms with E-state index in [1.165, 1.54) is 12.1 Å². The molecule has 0 radical (unpaired) electrons. The van der Waals surface area contributed by atoms with Gasteiger partial charge in [0.15, 0.2) is 0 Å². The summed E-state index contributed by atoms with van der Waals surface area (Å²) in [6, 6.07) is 15.4. The van der Waals surface area contributed by atoms with Crippen molar-refractivity contribution in [1.82, 2.24) is 9.38 Å². The second-order valence-electron chi connectivity index (χ2n) is 10.9. The molecule has 2 aromatic carbocycles. The van der Waals surface area contributed by atoms with Crippen LogP contribution in [0.2, 0.25) is 5.02 Å². The number of nitro benzene ring substituents is 1. The van der Waals surface area contributed by atoms with E-state index in [4.69, 9.17) is 20.8 Å². The predicted octanol–water partition coefficient (Wildman–Crippen LogP) is 6.96. The van der Waals surface area contributed by atoms with Gasteiger partial charge in [-0.3, -0.25) is 14.5 Å². The quantitative estimate of drug-likeness (QED) is 0.142. The minimum Gasteiger partial charge on any atom is -0.379 e. The van der Waals surface area contributed by atoms with Crippen molar-refractivity contribution in [3.63, 3.8) is 0 Å². The smallest absolute Gasteiger partial charge is 0.339 e. The number of halogens is 1. The van der Waals surface area contributed by atoms with Crippen molar-refractivity contribution in [3.8, 4) is 17.0 Å². The Morgan fingerprint density at radius 2 is 1.74 bits per heavy atom. The second kappa shape index (κ2) is 9.92. The van der Waals surface area contributed by atoms with Crippen molar-refractivity contribution < 1.29 is 17.5 Å². The van der Waals surface area contributed by atoms with Crippen LogP contribution in [0, 0.1) is 15.5 Å². The molecule has 11 heteroatoms. The third kappa shape index (κ3) is 6.08. The Morgan fingerprint density at radius 1 is 1.05 bits per heavy atom. The predicted molar refractivity (Wildman–Crippen MR) is 148 cm³/mol. The SMILES string of the molecule is CC(C)(C)CC(C)(C)Nc1c(-c2ccc(OS(=O)(=O)c3ccc(Cl)c([N+](=O)[O-])c3)cc2)nc2ccccn12. The van der Waals surface area contributed by atoms with Crippen molar-refractivity contribution in [3.05, 3.63) is 82.0 Å². The van der Waals surface area contributed by atoms with Gasteiger partial charge < -0.3 is 9.50 Å². The average Bonchev–Trinajstić information content (AvgIpc) is 3.15. The maximum absolute atomic E-state index is 12.8. The van der Waals surface area contributed by atoms with E-state index in [1.807, 2.05) is 28.8 Å². The summed E-state index contributed by atoms with van der Waals surface area (Å²) in [5.74, 6) is 0.877. The molecule has 2 aromatic heterocycles. The molecular weight excluding hydrogens is 528 g/mol. The van der Waals surface area contributed by atoms with Crippen molar-refractivity contribution >= 4 is 38.9 Å². The number of fused-ring (bicyclic) bond motifs is 1. The number of nitro groups is 1. The highest BCUT2D eigenvalue weighted by Crippen LogP contribution is 2.36. The van der Waals surface area contributed by atoms with Crippen molar-refractivity contribution in [1.29, 1.82) is 0 Å². The van der Waals surface area contributed by atoms with Crippen LogP contribution >= 0.6 is 11.6 Å². The van der Waals surface area contributed by atoms with Gasteiger partial charge in [0.2, 0.25) is 0 Å². The Labute approximate surface area is 226 Å². The Morgan fingerprint density at radius 3 is 2.37 bits per heavy atom. The first-order chi connectivity index (χ1) is 17.7. The summed E-state index contributed by atoms with van der Waals surface area (Å²) in [6.45, 7) is 10.9. The lowest BCUT2D eigenvalue weighted by atomic mass is 9.82. The van der Waals surface area contributed by atoms with E-state index in [-0.39, 0.29) is 26.6 Å². The van der Waals surface area contributed by atoms with Gasteiger partial charge in [0, 0.05) is 23.4 Å². The second-order valence-corrected chi connectivity index (χ2v) is 12.9. The first-order valence-electron chi connectivity index (χ1n) is 11.9. The van der Waals surface area contributed by atoms with E-state index in [9.17, 15) is 18.5 Å². The Hall–Kier alpha value is -3.63. The highest BCUT2D eigenvalue weighted by atomic mass is 35.5. The summed E-state index contributed by atoms with van der Waals surface area (Å²) < 4.78 is 32.8. The standard InChI is InChI=1S/C27H29ClN4O5S/c1-26(2,3)17-27(4,5)30-25-24(29-23-8-6-7-15-31(23)25)18-9-11-19(12-10-18)37-38(35,36)20-13-14-21(28)22(16-20)32(33)34/h6-16,30H,17H2,1-5H3. The van der Waals surface area contributed by atoms with E-state index in [1.54, 1.807) is 12.1 Å². The van der Waals surface area contributed by atoms with Crippen molar-refractivity contribution in [2.45, 2.75) is 51.5 Å². The zero-order chi connectivity index (χ0) is 27.9. The molecule has 2 heterocycles. The van der Waals surface area contributed by atoms with Gasteiger partial charge in [0.05, 0.1) is 4.92 Å². The van der Waals surface area contributed by atoms with Crippen LogP contribution in [-0.2, 0) is 10.1 Å². The molecule has 0 saturated heterocycles. The van der Waals surface area contributed by atoms with Gasteiger partial charge in [-0.1, -0.05) is 38.4 Å². The molecule has 1 N–H and O–H groups in total. The van der Waals surface area contributed by atoms with Crippen molar-refractivity contribution in [2.75, 3.05) is 5.32 Å². The zero-order valence-electron chi connectivity index (χ0n) is 21.7. The lowest BCUT2D eigenvalue weighted by Gasteiger charge is -2.34. The first-order valence-corrected chi connectivity index (χ1v) is 13.7. The van der Waals surface area contributed by atoms with Gasteiger partial charge in [-0.15, -0.1) is 0 Å². The molecule has 38 heavy (non-hydrogen) atoms. The lowest BCUT2D eigenvalue weighted by molar-refractivity contribution is -0.384. The number of benzene rings is 2. The third-order valence-electron chi connectivity index (χ3n) is 5.70. The fraction of sp³-hybridized carbons (Fsp3) is 0.296. The van der Waals surface area contributed by atoms with Gasteiger partial charge in [-0.25, -0.2) is 4.98 Å². The van der Waals surface area contributed by atoms with E-state index in [0.717, 1.165) is 41.6 Å². The minimum absolute atomic E-state index is 0.0534. The number of rotatable bonds is 8. The molecule has 4 aromatic rings. The van der Waals surface area contributed by atoms with Gasteiger partial charge in [-0.05, 0) is 74.2 Å². The fourth-order valence-corrected chi connectivity index (χ4v) is 5.78. The van der Waals surface area contributed by atoms with Crippen LogP contribution in [0.25, 0.3) is 16.9 Å². The molecule has 0 fully saturated rings. The van der Waals surface area contributed by atoms with Crippen LogP contribution in [-0.4, -0.2) is 28.3 Å². The lowest BCUT2D eigenvalue weighted by Crippen LogP contribution is -2.36. The molecule has 0 amide bonds. The topological polar surface area (TPSA) is 116 Å². The summed E-state index contributed by atoms with van der Waals surface area (Å²) >= 11 is 5.80. The number of hydrogen-bond donors (Lipinski definition) is 1. The maximum Gasteiger partial charge on any atom is 0.339 e. The summed E-state index contributed by atoms with van der Waals surface area (Å²) in [5.41, 5.74) is 1.58. The first kappa shape index (κ1) is 27.4. The van der Waals surface area contributed by atoms with Gasteiger partial charge in [0.1, 0.15) is 32.8 Å². The molecule has 0 aliphatic heterocycles. The summed E-state index contributed by atoms with van der Waals surface area (Å²) in [5, 5.41) is 14.7. The molecule has 200 valence electrons. The number of imidazole rings is 1. The highest BCUT2D eigenvalue weighted by Gasteiger charge is 2.28. The number of nitrogens with one attached hydrogen (secondary N) is 1. The number of pyridine rings is 1. The van der Waals surface area contributed by atoms with E-state index >= 15 is 0 Å².